The zero-order chi connectivity index (χ0) is 21.7. The number of aromatic nitrogens is 2. The highest BCUT2D eigenvalue weighted by atomic mass is 35.5. The van der Waals surface area contributed by atoms with Gasteiger partial charge in [-0.2, -0.15) is 0 Å². The van der Waals surface area contributed by atoms with E-state index >= 15 is 0 Å². The number of ether oxygens (including phenoxy) is 1. The van der Waals surface area contributed by atoms with Crippen LogP contribution in [0, 0.1) is 6.92 Å². The fourth-order valence-corrected chi connectivity index (χ4v) is 3.51. The molecule has 0 atom stereocenters. The van der Waals surface area contributed by atoms with Crippen molar-refractivity contribution in [3.8, 4) is 5.75 Å². The molecule has 9 heteroatoms. The highest BCUT2D eigenvalue weighted by molar-refractivity contribution is 7.99. The van der Waals surface area contributed by atoms with Crippen LogP contribution in [-0.4, -0.2) is 21.9 Å². The van der Waals surface area contributed by atoms with Crippen LogP contribution in [-0.2, 0) is 11.4 Å². The van der Waals surface area contributed by atoms with Gasteiger partial charge in [-0.05, 0) is 48.2 Å². The number of halogens is 2. The van der Waals surface area contributed by atoms with Gasteiger partial charge in [-0.25, -0.2) is 0 Å². The van der Waals surface area contributed by atoms with Crippen molar-refractivity contribution >= 4 is 46.6 Å². The van der Waals surface area contributed by atoms with Crippen molar-refractivity contribution in [1.82, 2.24) is 10.2 Å². The lowest BCUT2D eigenvalue weighted by Crippen LogP contribution is -2.13. The molecule has 1 amide bonds. The number of amides is 1. The average Bonchev–Trinajstić information content (AvgIpc) is 3.15. The Balaban J connectivity index is 1.52. The largest absolute Gasteiger partial charge is 0.484 e. The van der Waals surface area contributed by atoms with E-state index in [1.807, 2.05) is 13.0 Å². The van der Waals surface area contributed by atoms with Crippen LogP contribution in [0.15, 0.2) is 46.0 Å². The first-order valence-corrected chi connectivity index (χ1v) is 11.0. The van der Waals surface area contributed by atoms with E-state index < -0.39 is 0 Å². The maximum Gasteiger partial charge on any atom is 0.277 e. The van der Waals surface area contributed by atoms with Crippen LogP contribution in [0.1, 0.15) is 36.8 Å². The van der Waals surface area contributed by atoms with E-state index in [-0.39, 0.29) is 18.3 Å². The van der Waals surface area contributed by atoms with Crippen LogP contribution in [0.2, 0.25) is 10.0 Å². The number of carbonyl (C=O) groups excluding carboxylic acids is 1. The molecule has 3 aromatic rings. The van der Waals surface area contributed by atoms with Gasteiger partial charge in [0, 0.05) is 5.69 Å². The average molecular weight is 466 g/mol. The molecule has 158 valence electrons. The minimum Gasteiger partial charge on any atom is -0.484 e. The van der Waals surface area contributed by atoms with Crippen molar-refractivity contribution in [3.05, 3.63) is 63.5 Å². The van der Waals surface area contributed by atoms with Gasteiger partial charge in [0.15, 0.2) is 6.61 Å². The Bertz CT molecular complexity index is 1040. The quantitative estimate of drug-likeness (QED) is 0.403. The van der Waals surface area contributed by atoms with E-state index in [1.54, 1.807) is 18.2 Å². The highest BCUT2D eigenvalue weighted by Gasteiger charge is 2.13. The lowest BCUT2D eigenvalue weighted by molar-refractivity contribution is -0.113. The number of nitrogens with zero attached hydrogens (tertiary/aromatic N) is 2. The summed E-state index contributed by atoms with van der Waals surface area (Å²) in [6.07, 6.45) is 0. The summed E-state index contributed by atoms with van der Waals surface area (Å²) in [5, 5.41) is 11.8. The number of nitrogens with one attached hydrogen (secondary N) is 1. The Kier molecular flexibility index (Phi) is 7.64. The molecular weight excluding hydrogens is 445 g/mol. The molecule has 0 unspecified atom stereocenters. The Morgan fingerprint density at radius 3 is 2.70 bits per heavy atom. The van der Waals surface area contributed by atoms with E-state index in [2.05, 4.69) is 41.5 Å². The number of thioether (sulfide) groups is 1. The van der Waals surface area contributed by atoms with Gasteiger partial charge in [-0.1, -0.05) is 60.9 Å². The zero-order valence-corrected chi connectivity index (χ0v) is 19.1. The number of aryl methyl sites for hydroxylation is 1. The Morgan fingerprint density at radius 2 is 1.97 bits per heavy atom. The Morgan fingerprint density at radius 1 is 1.17 bits per heavy atom. The monoisotopic (exact) mass is 465 g/mol. The lowest BCUT2D eigenvalue weighted by Gasteiger charge is -2.13. The molecule has 6 nitrogen and oxygen atoms in total. The van der Waals surface area contributed by atoms with Crippen LogP contribution < -0.4 is 10.1 Å². The van der Waals surface area contributed by atoms with Gasteiger partial charge in [0.25, 0.3) is 11.1 Å². The van der Waals surface area contributed by atoms with Crippen molar-refractivity contribution in [2.75, 3.05) is 11.1 Å². The van der Waals surface area contributed by atoms with Gasteiger partial charge in [-0.3, -0.25) is 4.79 Å². The van der Waals surface area contributed by atoms with Crippen molar-refractivity contribution in [1.29, 1.82) is 0 Å². The van der Waals surface area contributed by atoms with Gasteiger partial charge in [0.05, 0.1) is 15.8 Å². The number of hydrogen-bond donors (Lipinski definition) is 1. The topological polar surface area (TPSA) is 77.2 Å². The van der Waals surface area contributed by atoms with E-state index in [4.69, 9.17) is 32.4 Å². The van der Waals surface area contributed by atoms with Gasteiger partial charge >= 0.3 is 0 Å². The molecule has 0 radical (unpaired) electrons. The first kappa shape index (κ1) is 22.5. The first-order valence-electron chi connectivity index (χ1n) is 9.25. The molecule has 30 heavy (non-hydrogen) atoms. The van der Waals surface area contributed by atoms with Crippen LogP contribution in [0.25, 0.3) is 0 Å². The van der Waals surface area contributed by atoms with Crippen LogP contribution in [0.4, 0.5) is 5.69 Å². The molecule has 3 rings (SSSR count). The fraction of sp³-hybridized carbons (Fsp3) is 0.286. The summed E-state index contributed by atoms with van der Waals surface area (Å²) in [4.78, 5) is 12.1. The van der Waals surface area contributed by atoms with Crippen molar-refractivity contribution in [2.45, 2.75) is 38.5 Å². The summed E-state index contributed by atoms with van der Waals surface area (Å²) in [5.74, 6) is 1.37. The van der Waals surface area contributed by atoms with Crippen molar-refractivity contribution in [3.63, 3.8) is 0 Å². The number of carbonyl (C=O) groups is 1. The molecule has 0 bridgehead atoms. The second kappa shape index (κ2) is 10.2. The molecular formula is C21H21Cl2N3O3S. The molecule has 1 aromatic heterocycles. The van der Waals surface area contributed by atoms with Crippen molar-refractivity contribution in [2.24, 2.45) is 0 Å². The maximum absolute atomic E-state index is 12.1. The van der Waals surface area contributed by atoms with Crippen LogP contribution in [0.5, 0.6) is 5.75 Å². The third kappa shape index (κ3) is 6.14. The summed E-state index contributed by atoms with van der Waals surface area (Å²) >= 11 is 13.0. The summed E-state index contributed by atoms with van der Waals surface area (Å²) in [6, 6.07) is 11.0. The number of anilines is 1. The highest BCUT2D eigenvalue weighted by Crippen LogP contribution is 2.28. The summed E-state index contributed by atoms with van der Waals surface area (Å²) in [5.41, 5.74) is 2.80. The summed E-state index contributed by atoms with van der Waals surface area (Å²) in [6.45, 7) is 6.40. The normalized spacial score (nSPS) is 11.0. The van der Waals surface area contributed by atoms with E-state index in [0.717, 1.165) is 28.6 Å². The van der Waals surface area contributed by atoms with Crippen LogP contribution >= 0.6 is 35.0 Å². The first-order chi connectivity index (χ1) is 14.3. The molecule has 1 heterocycles. The minimum absolute atomic E-state index is 0.109. The summed E-state index contributed by atoms with van der Waals surface area (Å²) in [7, 11) is 0. The zero-order valence-electron chi connectivity index (χ0n) is 16.7. The fourth-order valence-electron chi connectivity index (χ4n) is 2.64. The van der Waals surface area contributed by atoms with E-state index in [9.17, 15) is 4.79 Å². The molecule has 0 fully saturated rings. The molecule has 0 spiro atoms. The van der Waals surface area contributed by atoms with Crippen molar-refractivity contribution < 1.29 is 13.9 Å². The minimum atomic E-state index is -0.226. The standard InChI is InChI=1S/C21H21Cl2N3O3S/c1-12(2)15-6-4-13(3)8-18(15)28-10-20-25-26-21(29-20)30-11-19(27)24-14-5-7-16(22)17(23)9-14/h4-9,12H,10-11H2,1-3H3,(H,24,27). The molecule has 0 saturated carbocycles. The second-order valence-corrected chi connectivity index (χ2v) is 8.65. The Hall–Kier alpha value is -2.22. The van der Waals surface area contributed by atoms with Gasteiger partial charge in [0.2, 0.25) is 5.91 Å². The maximum atomic E-state index is 12.1. The second-order valence-electron chi connectivity index (χ2n) is 6.91. The smallest absolute Gasteiger partial charge is 0.277 e. The number of hydrogen-bond acceptors (Lipinski definition) is 6. The summed E-state index contributed by atoms with van der Waals surface area (Å²) < 4.78 is 11.5. The molecule has 0 aliphatic heterocycles. The van der Waals surface area contributed by atoms with Crippen LogP contribution in [0.3, 0.4) is 0 Å². The molecule has 2 aromatic carbocycles. The predicted octanol–water partition coefficient (Wildman–Crippen LogP) is 6.12. The van der Waals surface area contributed by atoms with Gasteiger partial charge < -0.3 is 14.5 Å². The van der Waals surface area contributed by atoms with Gasteiger partial charge in [0.1, 0.15) is 5.75 Å². The molecule has 0 aliphatic carbocycles. The number of rotatable bonds is 8. The van der Waals surface area contributed by atoms with Gasteiger partial charge in [-0.15, -0.1) is 10.2 Å². The third-order valence-electron chi connectivity index (χ3n) is 4.12. The lowest BCUT2D eigenvalue weighted by atomic mass is 10.0. The molecule has 0 aliphatic rings. The number of benzene rings is 2. The predicted molar refractivity (Wildman–Crippen MR) is 120 cm³/mol. The third-order valence-corrected chi connectivity index (χ3v) is 5.68. The SMILES string of the molecule is Cc1ccc(C(C)C)c(OCc2nnc(SCC(=O)Nc3ccc(Cl)c(Cl)c3)o2)c1. The van der Waals surface area contributed by atoms with E-state index in [1.165, 1.54) is 0 Å². The molecule has 0 saturated heterocycles. The molecule has 1 N–H and O–H groups in total. The Labute approximate surface area is 189 Å². The van der Waals surface area contributed by atoms with E-state index in [0.29, 0.717) is 32.8 Å².